The maximum absolute atomic E-state index is 12.6. The number of hydrogen-bond acceptors (Lipinski definition) is 15. The van der Waals surface area contributed by atoms with Gasteiger partial charge < -0.3 is 41.2 Å². The second kappa shape index (κ2) is 12.0. The number of rotatable bonds is 11. The van der Waals surface area contributed by atoms with Crippen LogP contribution in [0, 0.1) is 0 Å². The fraction of sp³-hybridized carbons (Fsp3) is 0.611. The highest BCUT2D eigenvalue weighted by Crippen LogP contribution is 2.48. The van der Waals surface area contributed by atoms with E-state index in [1.807, 2.05) is 5.32 Å². The van der Waals surface area contributed by atoms with E-state index >= 15 is 0 Å². The summed E-state index contributed by atoms with van der Waals surface area (Å²) in [6.45, 7) is -1.15. The molecular weight excluding hydrogens is 549 g/mol. The molecule has 2 saturated heterocycles. The number of nitrogens with zero attached hydrogens (tertiary/aromatic N) is 4. The third-order valence-corrected chi connectivity index (χ3v) is 6.83. The van der Waals surface area contributed by atoms with Crippen LogP contribution in [0.2, 0.25) is 0 Å². The fourth-order valence-electron chi connectivity index (χ4n) is 4.09. The third kappa shape index (κ3) is 6.94. The van der Waals surface area contributed by atoms with Gasteiger partial charge in [-0.3, -0.25) is 33.5 Å². The van der Waals surface area contributed by atoms with Gasteiger partial charge in [0.1, 0.15) is 30.8 Å². The predicted molar refractivity (Wildman–Crippen MR) is 128 cm³/mol. The molecule has 21 heteroatoms. The van der Waals surface area contributed by atoms with Crippen LogP contribution < -0.4 is 27.7 Å². The number of fused-ring (bicyclic) bond motifs is 1. The lowest BCUT2D eigenvalue weighted by atomic mass is 10.2. The molecule has 2 aliphatic heterocycles. The molecule has 2 aromatic heterocycles. The quantitative estimate of drug-likeness (QED) is 0.0403. The number of guanidine groups is 1. The maximum atomic E-state index is 12.6. The third-order valence-electron chi connectivity index (χ3n) is 5.82. The molecule has 0 aromatic carbocycles. The number of anilines is 1. The van der Waals surface area contributed by atoms with Crippen LogP contribution in [0.4, 0.5) is 5.95 Å². The highest BCUT2D eigenvalue weighted by atomic mass is 31.2. The van der Waals surface area contributed by atoms with Gasteiger partial charge in [-0.1, -0.05) is 0 Å². The Labute approximate surface area is 218 Å². The number of carbonyl (C=O) groups excluding carboxylic acids is 1. The number of phosphoric acid groups is 1. The van der Waals surface area contributed by atoms with Crippen molar-refractivity contribution >= 4 is 37.3 Å². The molecule has 2 aromatic rings. The topological polar surface area (TPSA) is 304 Å². The number of ether oxygens (including phenoxy) is 2. The smallest absolute Gasteiger partial charge is 0.394 e. The molecule has 2 fully saturated rings. The van der Waals surface area contributed by atoms with Gasteiger partial charge in [0, 0.05) is 12.8 Å². The van der Waals surface area contributed by atoms with Crippen molar-refractivity contribution in [3.8, 4) is 0 Å². The number of aliphatic hydroxyl groups is 3. The highest BCUT2D eigenvalue weighted by Gasteiger charge is 2.43. The number of nitrogens with two attached hydrogens (primary N) is 2. The number of aliphatic hydroxyl groups excluding tert-OH is 3. The van der Waals surface area contributed by atoms with Crippen molar-refractivity contribution in [2.75, 3.05) is 18.9 Å². The molecule has 0 spiro atoms. The van der Waals surface area contributed by atoms with Crippen LogP contribution >= 0.6 is 7.82 Å². The average molecular weight is 577 g/mol. The molecule has 4 rings (SSSR count). The molecule has 0 radical (unpaired) electrons. The van der Waals surface area contributed by atoms with Crippen LogP contribution in [0.25, 0.3) is 11.2 Å². The second-order valence-electron chi connectivity index (χ2n) is 8.51. The van der Waals surface area contributed by atoms with E-state index in [-0.39, 0.29) is 42.3 Å². The minimum Gasteiger partial charge on any atom is -0.394 e. The standard InChI is InChI=1S/C18H28N9O11P/c19-16(22-6-29)26-18(32)23-11-2-8(9(3-28)36-11)38-39(33,34)35-4-10-7(30)1-12(37-10)27-5-21-13-14(27)24-17(20)25-15(13)31/h5-12,18,23,28,30,32H,1-4H2,(H,33,34)(H3,19,22,26,29)(H3,20,24,25,31)/t7?,8?,9-,10-,11-,12-,18?/m1/s1. The zero-order valence-electron chi connectivity index (χ0n) is 20.1. The van der Waals surface area contributed by atoms with Gasteiger partial charge in [-0.15, -0.1) is 0 Å². The fourth-order valence-corrected chi connectivity index (χ4v) is 5.05. The normalized spacial score (nSPS) is 29.9. The number of aliphatic imine (C=N–C) groups is 1. The Kier molecular flexibility index (Phi) is 8.91. The minimum absolute atomic E-state index is 0.0145. The zero-order valence-corrected chi connectivity index (χ0v) is 21.0. The number of aromatic amines is 1. The molecule has 0 bridgehead atoms. The maximum Gasteiger partial charge on any atom is 0.472 e. The van der Waals surface area contributed by atoms with E-state index in [1.54, 1.807) is 0 Å². The predicted octanol–water partition coefficient (Wildman–Crippen LogP) is -4.11. The summed E-state index contributed by atoms with van der Waals surface area (Å²) in [6.07, 6.45) is -6.33. The Morgan fingerprint density at radius 2 is 2.18 bits per heavy atom. The molecule has 0 saturated carbocycles. The number of aromatic nitrogens is 4. The van der Waals surface area contributed by atoms with Gasteiger partial charge in [0.25, 0.3) is 5.56 Å². The first kappa shape index (κ1) is 29.0. The average Bonchev–Trinajstić information content (AvgIpc) is 3.54. The summed E-state index contributed by atoms with van der Waals surface area (Å²) in [6, 6.07) is 0. The zero-order chi connectivity index (χ0) is 28.3. The monoisotopic (exact) mass is 577 g/mol. The Bertz CT molecular complexity index is 1310. The molecule has 2 aliphatic rings. The lowest BCUT2D eigenvalue weighted by Crippen LogP contribution is -2.40. The molecule has 4 unspecified atom stereocenters. The summed E-state index contributed by atoms with van der Waals surface area (Å²) in [5.74, 6) is -0.515. The van der Waals surface area contributed by atoms with Gasteiger partial charge in [0.2, 0.25) is 18.7 Å². The Morgan fingerprint density at radius 3 is 2.90 bits per heavy atom. The van der Waals surface area contributed by atoms with E-state index in [2.05, 4.69) is 25.3 Å². The van der Waals surface area contributed by atoms with Crippen LogP contribution in [-0.4, -0.2) is 102 Å². The second-order valence-corrected chi connectivity index (χ2v) is 9.92. The van der Waals surface area contributed by atoms with Gasteiger partial charge in [-0.05, 0) is 0 Å². The number of hydrogen-bond donors (Lipinski definition) is 9. The van der Waals surface area contributed by atoms with Crippen molar-refractivity contribution in [1.82, 2.24) is 30.2 Å². The summed E-state index contributed by atoms with van der Waals surface area (Å²) in [4.78, 5) is 46.4. The van der Waals surface area contributed by atoms with Crippen molar-refractivity contribution in [2.45, 2.75) is 56.1 Å². The van der Waals surface area contributed by atoms with Crippen molar-refractivity contribution < 1.29 is 48.1 Å². The number of nitrogens with one attached hydrogen (secondary N) is 3. The number of H-pyrrole nitrogens is 1. The molecule has 39 heavy (non-hydrogen) atoms. The van der Waals surface area contributed by atoms with Gasteiger partial charge in [0.15, 0.2) is 17.1 Å². The number of nitrogen functional groups attached to an aromatic ring is 1. The van der Waals surface area contributed by atoms with E-state index in [4.69, 9.17) is 30.0 Å². The van der Waals surface area contributed by atoms with Crippen LogP contribution in [0.1, 0.15) is 19.1 Å². The SMILES string of the molecule is NC(=NC(O)N[C@H]1CC(OP(=O)(O)OC[C@H]2O[C@@H](n3cnc4c(=O)[nH]c(N)nc43)CC2O)[C@@H](CO)O1)NC=O. The lowest BCUT2D eigenvalue weighted by Gasteiger charge is -2.21. The van der Waals surface area contributed by atoms with E-state index < -0.39 is 69.8 Å². The van der Waals surface area contributed by atoms with E-state index in [1.165, 1.54) is 10.9 Å². The first-order valence-electron chi connectivity index (χ1n) is 11.4. The number of imidazole rings is 1. The van der Waals surface area contributed by atoms with Crippen LogP contribution in [0.5, 0.6) is 0 Å². The van der Waals surface area contributed by atoms with Gasteiger partial charge in [-0.25, -0.2) is 19.9 Å². The van der Waals surface area contributed by atoms with Crippen molar-refractivity contribution in [3.63, 3.8) is 0 Å². The molecule has 1 amide bonds. The van der Waals surface area contributed by atoms with E-state index in [0.29, 0.717) is 0 Å². The lowest BCUT2D eigenvalue weighted by molar-refractivity contribution is -0.108. The van der Waals surface area contributed by atoms with Gasteiger partial charge in [-0.2, -0.15) is 4.98 Å². The summed E-state index contributed by atoms with van der Waals surface area (Å²) in [7, 11) is -4.76. The molecule has 0 aliphatic carbocycles. The molecule has 8 atom stereocenters. The number of phosphoric ester groups is 1. The van der Waals surface area contributed by atoms with Crippen molar-refractivity contribution in [3.05, 3.63) is 16.7 Å². The molecule has 216 valence electrons. The van der Waals surface area contributed by atoms with Gasteiger partial charge in [0.05, 0.1) is 25.6 Å². The first-order chi connectivity index (χ1) is 18.5. The van der Waals surface area contributed by atoms with Crippen LogP contribution in [0.15, 0.2) is 16.1 Å². The Hall–Kier alpha value is -3.04. The largest absolute Gasteiger partial charge is 0.472 e. The molecular formula is C18H28N9O11P. The Balaban J connectivity index is 1.32. The van der Waals surface area contributed by atoms with E-state index in [9.17, 15) is 34.4 Å². The first-order valence-corrected chi connectivity index (χ1v) is 12.9. The summed E-state index contributed by atoms with van der Waals surface area (Å²) in [5, 5.41) is 34.4. The summed E-state index contributed by atoms with van der Waals surface area (Å²) in [5.41, 5.74) is 10.5. The molecule has 4 heterocycles. The van der Waals surface area contributed by atoms with E-state index in [0.717, 1.165) is 0 Å². The van der Waals surface area contributed by atoms with Gasteiger partial charge >= 0.3 is 7.82 Å². The summed E-state index contributed by atoms with van der Waals surface area (Å²) >= 11 is 0. The highest BCUT2D eigenvalue weighted by molar-refractivity contribution is 7.47. The van der Waals surface area contributed by atoms with Crippen LogP contribution in [-0.2, 0) is 27.9 Å². The van der Waals surface area contributed by atoms with Crippen LogP contribution in [0.3, 0.4) is 0 Å². The van der Waals surface area contributed by atoms with Crippen molar-refractivity contribution in [1.29, 1.82) is 0 Å². The minimum atomic E-state index is -4.76. The Morgan fingerprint density at radius 1 is 1.41 bits per heavy atom. The number of amides is 1. The molecule has 11 N–H and O–H groups in total. The summed E-state index contributed by atoms with van der Waals surface area (Å²) < 4.78 is 35.4. The molecule has 20 nitrogen and oxygen atoms in total. The van der Waals surface area contributed by atoms with Crippen molar-refractivity contribution in [2.24, 2.45) is 10.7 Å². The number of carbonyl (C=O) groups is 1.